The fraction of sp³-hybridized carbons (Fsp3) is 0.588. The molecular formula is C34H44O13. The van der Waals surface area contributed by atoms with Crippen LogP contribution >= 0.6 is 0 Å². The van der Waals surface area contributed by atoms with E-state index >= 15 is 0 Å². The van der Waals surface area contributed by atoms with Gasteiger partial charge >= 0.3 is 29.5 Å². The molecule has 0 N–H and O–H groups in total. The van der Waals surface area contributed by atoms with Gasteiger partial charge < -0.3 is 32.8 Å². The number of unbranched alkanes of at least 4 members (excludes halogenated alkanes) is 2. The molecule has 0 bridgehead atoms. The Balaban J connectivity index is 1.68. The van der Waals surface area contributed by atoms with E-state index in [4.69, 9.17) is 32.8 Å². The monoisotopic (exact) mass is 660 g/mol. The zero-order valence-electron chi connectivity index (χ0n) is 28.0. The van der Waals surface area contributed by atoms with Crippen LogP contribution in [-0.4, -0.2) is 66.0 Å². The number of benzene rings is 1. The van der Waals surface area contributed by atoms with E-state index in [-0.39, 0.29) is 29.5 Å². The van der Waals surface area contributed by atoms with E-state index in [0.29, 0.717) is 43.1 Å². The Morgan fingerprint density at radius 3 is 2.04 bits per heavy atom. The summed E-state index contributed by atoms with van der Waals surface area (Å²) in [6, 6.07) is 6.07. The van der Waals surface area contributed by atoms with Crippen molar-refractivity contribution in [2.45, 2.75) is 130 Å². The Morgan fingerprint density at radius 1 is 0.787 bits per heavy atom. The third kappa shape index (κ3) is 11.8. The molecular weight excluding hydrogens is 616 g/mol. The summed E-state index contributed by atoms with van der Waals surface area (Å²) >= 11 is 0. The van der Waals surface area contributed by atoms with Crippen molar-refractivity contribution >= 4 is 40.6 Å². The van der Waals surface area contributed by atoms with E-state index in [9.17, 15) is 28.8 Å². The van der Waals surface area contributed by atoms with Crippen molar-refractivity contribution < 1.29 is 56.8 Å². The molecule has 258 valence electrons. The minimum absolute atomic E-state index is 0.0399. The molecule has 1 aromatic heterocycles. The number of rotatable bonds is 14. The van der Waals surface area contributed by atoms with Gasteiger partial charge in [-0.3, -0.25) is 24.0 Å². The van der Waals surface area contributed by atoms with Crippen LogP contribution in [0.3, 0.4) is 0 Å². The minimum Gasteiger partial charge on any atom is -0.461 e. The Bertz CT molecular complexity index is 1500. The van der Waals surface area contributed by atoms with Crippen molar-refractivity contribution in [3.63, 3.8) is 0 Å². The lowest BCUT2D eigenvalue weighted by atomic mass is 9.98. The molecule has 47 heavy (non-hydrogen) atoms. The summed E-state index contributed by atoms with van der Waals surface area (Å²) in [5.41, 5.74) is -0.314. The van der Waals surface area contributed by atoms with E-state index < -0.39 is 59.8 Å². The SMILES string of the molecule is CC(=O)OC1C(C)OC(Oc2ccc3c(CCC(=O)CCCCCC(=O)OC(C)(C)C)cc(=O)oc3c2)C(OC(C)=O)C1OC(C)=O. The molecule has 5 atom stereocenters. The molecule has 2 heterocycles. The third-order valence-corrected chi connectivity index (χ3v) is 7.12. The predicted octanol–water partition coefficient (Wildman–Crippen LogP) is 4.51. The summed E-state index contributed by atoms with van der Waals surface area (Å²) in [7, 11) is 0. The normalized spacial score (nSPS) is 21.0. The highest BCUT2D eigenvalue weighted by Gasteiger charge is 2.51. The Labute approximate surface area is 273 Å². The fourth-order valence-electron chi connectivity index (χ4n) is 5.25. The van der Waals surface area contributed by atoms with E-state index in [1.807, 2.05) is 20.8 Å². The molecule has 3 rings (SSSR count). The van der Waals surface area contributed by atoms with Gasteiger partial charge in [-0.05, 0) is 64.7 Å². The number of ether oxygens (including phenoxy) is 6. The first-order valence-corrected chi connectivity index (χ1v) is 15.7. The summed E-state index contributed by atoms with van der Waals surface area (Å²) in [4.78, 5) is 72.5. The maximum absolute atomic E-state index is 12.6. The van der Waals surface area contributed by atoms with Crippen LogP contribution in [0.5, 0.6) is 5.75 Å². The van der Waals surface area contributed by atoms with Crippen LogP contribution in [0.1, 0.15) is 92.6 Å². The second-order valence-electron chi connectivity index (χ2n) is 12.5. The first-order chi connectivity index (χ1) is 22.0. The maximum atomic E-state index is 12.6. The summed E-state index contributed by atoms with van der Waals surface area (Å²) in [6.07, 6.45) is -2.53. The number of fused-ring (bicyclic) bond motifs is 1. The molecule has 0 spiro atoms. The van der Waals surface area contributed by atoms with Crippen molar-refractivity contribution in [3.8, 4) is 5.75 Å². The molecule has 13 nitrogen and oxygen atoms in total. The van der Waals surface area contributed by atoms with Gasteiger partial charge in [-0.2, -0.15) is 0 Å². The van der Waals surface area contributed by atoms with E-state index in [2.05, 4.69) is 0 Å². The van der Waals surface area contributed by atoms with Crippen molar-refractivity contribution in [3.05, 3.63) is 40.2 Å². The maximum Gasteiger partial charge on any atom is 0.336 e. The summed E-state index contributed by atoms with van der Waals surface area (Å²) < 4.78 is 38.8. The van der Waals surface area contributed by atoms with Crippen LogP contribution in [0.25, 0.3) is 11.0 Å². The number of carbonyl (C=O) groups excluding carboxylic acids is 5. The Hall–Kier alpha value is -4.26. The quantitative estimate of drug-likeness (QED) is 0.120. The zero-order valence-corrected chi connectivity index (χ0v) is 28.0. The second kappa shape index (κ2) is 16.5. The third-order valence-electron chi connectivity index (χ3n) is 7.12. The first-order valence-electron chi connectivity index (χ1n) is 15.7. The topological polar surface area (TPSA) is 171 Å². The van der Waals surface area contributed by atoms with E-state index in [1.165, 1.54) is 19.1 Å². The van der Waals surface area contributed by atoms with Gasteiger partial charge in [0.1, 0.15) is 22.7 Å². The van der Waals surface area contributed by atoms with Crippen LogP contribution in [0, 0.1) is 0 Å². The highest BCUT2D eigenvalue weighted by atomic mass is 16.7. The number of hydrogen-bond acceptors (Lipinski definition) is 13. The van der Waals surface area contributed by atoms with Crippen LogP contribution in [-0.2, 0) is 54.1 Å². The van der Waals surface area contributed by atoms with Gasteiger partial charge in [-0.1, -0.05) is 6.42 Å². The standard InChI is InChI=1S/C34H44O13/c1-19-30(42-20(2)35)31(43-21(3)36)32(44-22(4)37)33(41-19)45-25-15-16-26-23(17-29(40)46-27(26)18-25)13-14-24(38)11-9-8-10-12-28(39)47-34(5,6)7/h15-19,30-33H,8-14H2,1-7H3. The molecule has 1 fully saturated rings. The van der Waals surface area contributed by atoms with Gasteiger partial charge in [0, 0.05) is 57.6 Å². The first kappa shape index (κ1) is 37.2. The van der Waals surface area contributed by atoms with Crippen molar-refractivity contribution in [1.82, 2.24) is 0 Å². The molecule has 5 unspecified atom stereocenters. The highest BCUT2D eigenvalue weighted by molar-refractivity contribution is 5.83. The molecule has 0 aliphatic carbocycles. The molecule has 0 radical (unpaired) electrons. The lowest BCUT2D eigenvalue weighted by Gasteiger charge is -2.43. The Morgan fingerprint density at radius 2 is 1.40 bits per heavy atom. The Kier molecular flexibility index (Phi) is 13.1. The second-order valence-corrected chi connectivity index (χ2v) is 12.5. The molecule has 1 saturated heterocycles. The van der Waals surface area contributed by atoms with Crippen LogP contribution < -0.4 is 10.4 Å². The summed E-state index contributed by atoms with van der Waals surface area (Å²) in [6.45, 7) is 10.5. The van der Waals surface area contributed by atoms with Gasteiger partial charge in [0.05, 0.1) is 6.10 Å². The predicted molar refractivity (Wildman–Crippen MR) is 166 cm³/mol. The van der Waals surface area contributed by atoms with Crippen molar-refractivity contribution in [1.29, 1.82) is 0 Å². The molecule has 1 aliphatic rings. The minimum atomic E-state index is -1.31. The smallest absolute Gasteiger partial charge is 0.336 e. The molecule has 13 heteroatoms. The highest BCUT2D eigenvalue weighted by Crippen LogP contribution is 2.32. The summed E-state index contributed by atoms with van der Waals surface area (Å²) in [5.74, 6) is -2.10. The van der Waals surface area contributed by atoms with Crippen LogP contribution in [0.2, 0.25) is 0 Å². The molecule has 1 aromatic carbocycles. The van der Waals surface area contributed by atoms with Crippen LogP contribution in [0.15, 0.2) is 33.5 Å². The van der Waals surface area contributed by atoms with Gasteiger partial charge in [0.15, 0.2) is 12.2 Å². The molecule has 0 saturated carbocycles. The van der Waals surface area contributed by atoms with Gasteiger partial charge in [0.25, 0.3) is 0 Å². The number of aryl methyl sites for hydroxylation is 1. The number of esters is 4. The summed E-state index contributed by atoms with van der Waals surface area (Å²) in [5, 5.41) is 0.601. The van der Waals surface area contributed by atoms with Crippen molar-refractivity contribution in [2.24, 2.45) is 0 Å². The number of ketones is 1. The van der Waals surface area contributed by atoms with E-state index in [1.54, 1.807) is 19.1 Å². The van der Waals surface area contributed by atoms with Crippen LogP contribution in [0.4, 0.5) is 0 Å². The molecule has 1 aliphatic heterocycles. The van der Waals surface area contributed by atoms with Gasteiger partial charge in [0.2, 0.25) is 12.4 Å². The number of carbonyl (C=O) groups is 5. The van der Waals surface area contributed by atoms with Crippen molar-refractivity contribution in [2.75, 3.05) is 0 Å². The van der Waals surface area contributed by atoms with Gasteiger partial charge in [-0.15, -0.1) is 0 Å². The fourth-order valence-corrected chi connectivity index (χ4v) is 5.25. The molecule has 2 aromatic rings. The largest absolute Gasteiger partial charge is 0.461 e. The molecule has 0 amide bonds. The number of Topliss-reactive ketones (excluding diaryl/α,β-unsaturated/α-hetero) is 1. The lowest BCUT2D eigenvalue weighted by molar-refractivity contribution is -0.280. The van der Waals surface area contributed by atoms with E-state index in [0.717, 1.165) is 20.3 Å². The average molecular weight is 661 g/mol. The average Bonchev–Trinajstić information content (AvgIpc) is 2.93. The van der Waals surface area contributed by atoms with Gasteiger partial charge in [-0.25, -0.2) is 4.79 Å². The number of hydrogen-bond donors (Lipinski definition) is 0. The lowest BCUT2D eigenvalue weighted by Crippen LogP contribution is -2.62. The zero-order chi connectivity index (χ0) is 34.9.